The highest BCUT2D eigenvalue weighted by atomic mass is 16.2. The molecule has 0 bridgehead atoms. The zero-order valence-corrected chi connectivity index (χ0v) is 15.2. The molecule has 0 saturated carbocycles. The molecule has 1 N–H and O–H groups in total. The summed E-state index contributed by atoms with van der Waals surface area (Å²) in [5, 5.41) is 2.94. The molecule has 2 heterocycles. The van der Waals surface area contributed by atoms with Gasteiger partial charge in [-0.05, 0) is 49.0 Å². The van der Waals surface area contributed by atoms with E-state index in [1.807, 2.05) is 9.80 Å². The maximum Gasteiger partial charge on any atom is 0.317 e. The molecule has 5 heteroatoms. The van der Waals surface area contributed by atoms with Crippen LogP contribution in [0, 0.1) is 13.8 Å². The van der Waals surface area contributed by atoms with Crippen LogP contribution in [-0.4, -0.2) is 54.5 Å². The molecule has 2 aliphatic heterocycles. The molecule has 0 aromatic heterocycles. The van der Waals surface area contributed by atoms with Crippen LogP contribution in [0.25, 0.3) is 5.57 Å². The second-order valence-corrected chi connectivity index (χ2v) is 6.89. The van der Waals surface area contributed by atoms with Crippen molar-refractivity contribution in [2.24, 2.45) is 0 Å². The summed E-state index contributed by atoms with van der Waals surface area (Å²) < 4.78 is 0. The maximum atomic E-state index is 12.3. The molecule has 1 aromatic rings. The summed E-state index contributed by atoms with van der Waals surface area (Å²) in [5.41, 5.74) is 5.25. The molecule has 0 radical (unpaired) electrons. The van der Waals surface area contributed by atoms with Crippen molar-refractivity contribution in [2.75, 3.05) is 32.7 Å². The second-order valence-electron chi connectivity index (χ2n) is 6.89. The predicted octanol–water partition coefficient (Wildman–Crippen LogP) is 2.72. The van der Waals surface area contributed by atoms with Crippen LogP contribution < -0.4 is 5.32 Å². The molecule has 0 atom stereocenters. The van der Waals surface area contributed by atoms with Crippen molar-refractivity contribution in [3.05, 3.63) is 41.0 Å². The van der Waals surface area contributed by atoms with E-state index in [1.165, 1.54) is 22.3 Å². The van der Waals surface area contributed by atoms with Gasteiger partial charge in [0.15, 0.2) is 0 Å². The number of benzene rings is 1. The summed E-state index contributed by atoms with van der Waals surface area (Å²) in [6, 6.07) is 6.35. The molecule has 25 heavy (non-hydrogen) atoms. The molecule has 5 nitrogen and oxygen atoms in total. The van der Waals surface area contributed by atoms with Crippen LogP contribution in [0.15, 0.2) is 24.3 Å². The van der Waals surface area contributed by atoms with Crippen LogP contribution in [0.5, 0.6) is 0 Å². The minimum Gasteiger partial charge on any atom is -0.341 e. The Morgan fingerprint density at radius 1 is 1.20 bits per heavy atom. The SMILES string of the molecule is Cc1cccc(C2=CCN(C(=O)NCCN3CCCC3=O)CC2)c1C. The molecule has 2 aliphatic rings. The highest BCUT2D eigenvalue weighted by Crippen LogP contribution is 2.26. The molecule has 0 aliphatic carbocycles. The van der Waals surface area contributed by atoms with Gasteiger partial charge in [0, 0.05) is 39.1 Å². The van der Waals surface area contributed by atoms with E-state index in [-0.39, 0.29) is 11.9 Å². The van der Waals surface area contributed by atoms with Gasteiger partial charge >= 0.3 is 6.03 Å². The highest BCUT2D eigenvalue weighted by molar-refractivity contribution is 5.79. The lowest BCUT2D eigenvalue weighted by molar-refractivity contribution is -0.127. The molecule has 1 aromatic carbocycles. The van der Waals surface area contributed by atoms with Crippen LogP contribution in [0.3, 0.4) is 0 Å². The van der Waals surface area contributed by atoms with Crippen LogP contribution in [-0.2, 0) is 4.79 Å². The number of hydrogen-bond acceptors (Lipinski definition) is 2. The number of rotatable bonds is 4. The van der Waals surface area contributed by atoms with Crippen molar-refractivity contribution >= 4 is 17.5 Å². The fourth-order valence-corrected chi connectivity index (χ4v) is 3.55. The molecule has 3 rings (SSSR count). The third-order valence-corrected chi connectivity index (χ3v) is 5.28. The standard InChI is InChI=1S/C20H27N3O2/c1-15-5-3-6-18(16(15)2)17-8-12-23(13-9-17)20(25)21-10-14-22-11-4-7-19(22)24/h3,5-6,8H,4,7,9-14H2,1-2H3,(H,21,25). The van der Waals surface area contributed by atoms with E-state index in [2.05, 4.69) is 43.4 Å². The van der Waals surface area contributed by atoms with E-state index >= 15 is 0 Å². The summed E-state index contributed by atoms with van der Waals surface area (Å²) in [5.74, 6) is 0.202. The normalized spacial score (nSPS) is 17.7. The molecule has 0 unspecified atom stereocenters. The van der Waals surface area contributed by atoms with Gasteiger partial charge in [0.1, 0.15) is 0 Å². The van der Waals surface area contributed by atoms with Gasteiger partial charge in [0.25, 0.3) is 0 Å². The predicted molar refractivity (Wildman–Crippen MR) is 99.3 cm³/mol. The van der Waals surface area contributed by atoms with Gasteiger partial charge in [-0.15, -0.1) is 0 Å². The van der Waals surface area contributed by atoms with Crippen molar-refractivity contribution in [1.29, 1.82) is 0 Å². The first-order chi connectivity index (χ1) is 12.1. The van der Waals surface area contributed by atoms with Crippen LogP contribution in [0.4, 0.5) is 4.79 Å². The number of carbonyl (C=O) groups is 2. The Balaban J connectivity index is 1.50. The van der Waals surface area contributed by atoms with E-state index in [1.54, 1.807) is 0 Å². The highest BCUT2D eigenvalue weighted by Gasteiger charge is 2.21. The Kier molecular flexibility index (Phi) is 5.41. The molecule has 0 spiro atoms. The van der Waals surface area contributed by atoms with E-state index < -0.39 is 0 Å². The Labute approximate surface area is 149 Å². The summed E-state index contributed by atoms with van der Waals surface area (Å²) >= 11 is 0. The summed E-state index contributed by atoms with van der Waals surface area (Å²) in [4.78, 5) is 27.5. The van der Waals surface area contributed by atoms with Crippen molar-refractivity contribution in [1.82, 2.24) is 15.1 Å². The first kappa shape index (κ1) is 17.5. The van der Waals surface area contributed by atoms with Gasteiger partial charge in [0.05, 0.1) is 0 Å². The van der Waals surface area contributed by atoms with E-state index in [9.17, 15) is 9.59 Å². The van der Waals surface area contributed by atoms with Crippen LogP contribution in [0.1, 0.15) is 36.0 Å². The van der Waals surface area contributed by atoms with E-state index in [0.29, 0.717) is 26.1 Å². The fraction of sp³-hybridized carbons (Fsp3) is 0.500. The minimum atomic E-state index is -0.0390. The lowest BCUT2D eigenvalue weighted by Gasteiger charge is -2.28. The zero-order valence-electron chi connectivity index (χ0n) is 15.2. The van der Waals surface area contributed by atoms with Crippen molar-refractivity contribution in [3.8, 4) is 0 Å². The van der Waals surface area contributed by atoms with Gasteiger partial charge in [-0.1, -0.05) is 24.3 Å². The third kappa shape index (κ3) is 4.03. The van der Waals surface area contributed by atoms with E-state index in [0.717, 1.165) is 25.9 Å². The maximum absolute atomic E-state index is 12.3. The number of likely N-dealkylation sites (tertiary alicyclic amines) is 1. The van der Waals surface area contributed by atoms with E-state index in [4.69, 9.17) is 0 Å². The number of amides is 3. The molecule has 134 valence electrons. The molecular formula is C20H27N3O2. The summed E-state index contributed by atoms with van der Waals surface area (Å²) in [6.45, 7) is 7.61. The zero-order chi connectivity index (χ0) is 17.8. The van der Waals surface area contributed by atoms with Gasteiger partial charge in [0.2, 0.25) is 5.91 Å². The lowest BCUT2D eigenvalue weighted by atomic mass is 9.93. The van der Waals surface area contributed by atoms with Crippen LogP contribution >= 0.6 is 0 Å². The number of nitrogens with zero attached hydrogens (tertiary/aromatic N) is 2. The second kappa shape index (κ2) is 7.72. The van der Waals surface area contributed by atoms with Crippen molar-refractivity contribution in [2.45, 2.75) is 33.1 Å². The summed E-state index contributed by atoms with van der Waals surface area (Å²) in [6.07, 6.45) is 4.62. The quantitative estimate of drug-likeness (QED) is 0.915. The number of nitrogens with one attached hydrogen (secondary N) is 1. The monoisotopic (exact) mass is 341 g/mol. The number of hydrogen-bond donors (Lipinski definition) is 1. The van der Waals surface area contributed by atoms with Gasteiger partial charge in [-0.25, -0.2) is 4.79 Å². The average molecular weight is 341 g/mol. The summed E-state index contributed by atoms with van der Waals surface area (Å²) in [7, 11) is 0. The van der Waals surface area contributed by atoms with Crippen molar-refractivity contribution in [3.63, 3.8) is 0 Å². The molecule has 1 saturated heterocycles. The number of aryl methyl sites for hydroxylation is 1. The van der Waals surface area contributed by atoms with Gasteiger partial charge in [-0.2, -0.15) is 0 Å². The fourth-order valence-electron chi connectivity index (χ4n) is 3.55. The molecule has 1 fully saturated rings. The first-order valence-corrected chi connectivity index (χ1v) is 9.12. The Hall–Kier alpha value is -2.30. The van der Waals surface area contributed by atoms with Crippen LogP contribution in [0.2, 0.25) is 0 Å². The largest absolute Gasteiger partial charge is 0.341 e. The molecule has 3 amide bonds. The smallest absolute Gasteiger partial charge is 0.317 e. The Morgan fingerprint density at radius 2 is 2.04 bits per heavy atom. The Morgan fingerprint density at radius 3 is 2.72 bits per heavy atom. The third-order valence-electron chi connectivity index (χ3n) is 5.28. The number of carbonyl (C=O) groups excluding carboxylic acids is 2. The lowest BCUT2D eigenvalue weighted by Crippen LogP contribution is -2.44. The topological polar surface area (TPSA) is 52.7 Å². The molecular weight excluding hydrogens is 314 g/mol. The number of urea groups is 1. The van der Waals surface area contributed by atoms with Gasteiger partial charge < -0.3 is 15.1 Å². The minimum absolute atomic E-state index is 0.0390. The average Bonchev–Trinajstić information content (AvgIpc) is 3.02. The van der Waals surface area contributed by atoms with Crippen molar-refractivity contribution < 1.29 is 9.59 Å². The van der Waals surface area contributed by atoms with Gasteiger partial charge in [-0.3, -0.25) is 4.79 Å². The first-order valence-electron chi connectivity index (χ1n) is 9.12. The Bertz CT molecular complexity index is 696.